The summed E-state index contributed by atoms with van der Waals surface area (Å²) in [5.41, 5.74) is 2.48. The molecule has 1 aliphatic carbocycles. The van der Waals surface area contributed by atoms with Gasteiger partial charge in [0.15, 0.2) is 0 Å². The molecule has 28 heavy (non-hydrogen) atoms. The number of anilines is 1. The van der Waals surface area contributed by atoms with Gasteiger partial charge in [0.25, 0.3) is 0 Å². The third-order valence-electron chi connectivity index (χ3n) is 5.22. The summed E-state index contributed by atoms with van der Waals surface area (Å²) in [5, 5.41) is 5.82. The Morgan fingerprint density at radius 1 is 1.21 bits per heavy atom. The highest BCUT2D eigenvalue weighted by Crippen LogP contribution is 2.35. The van der Waals surface area contributed by atoms with E-state index < -0.39 is 0 Å². The van der Waals surface area contributed by atoms with Crippen LogP contribution < -0.4 is 5.32 Å². The monoisotopic (exact) mass is 395 g/mol. The number of amides is 3. The zero-order valence-corrected chi connectivity index (χ0v) is 16.4. The van der Waals surface area contributed by atoms with Crippen molar-refractivity contribution in [2.75, 3.05) is 11.9 Å². The molecule has 2 heterocycles. The fourth-order valence-electron chi connectivity index (χ4n) is 3.78. The van der Waals surface area contributed by atoms with Gasteiger partial charge in [-0.15, -0.1) is 11.3 Å². The van der Waals surface area contributed by atoms with Crippen molar-refractivity contribution in [2.24, 2.45) is 11.8 Å². The van der Waals surface area contributed by atoms with Gasteiger partial charge in [0.2, 0.25) is 17.7 Å². The maximum atomic E-state index is 12.5. The Kier molecular flexibility index (Phi) is 5.09. The summed E-state index contributed by atoms with van der Waals surface area (Å²) in [5.74, 6) is -1.01. The summed E-state index contributed by atoms with van der Waals surface area (Å²) in [7, 11) is 0. The van der Waals surface area contributed by atoms with E-state index in [9.17, 15) is 14.4 Å². The number of hydrogen-bond acceptors (Lipinski definition) is 5. The molecule has 1 N–H and O–H groups in total. The molecule has 2 aliphatic rings. The smallest absolute Gasteiger partial charge is 0.233 e. The molecule has 1 aromatic carbocycles. The van der Waals surface area contributed by atoms with Crippen LogP contribution >= 0.6 is 11.3 Å². The molecule has 0 radical (unpaired) electrons. The number of hydrogen-bond donors (Lipinski definition) is 1. The number of fused-ring (bicyclic) bond motifs is 1. The van der Waals surface area contributed by atoms with E-state index in [1.807, 2.05) is 48.7 Å². The minimum Gasteiger partial charge on any atom is -0.326 e. The van der Waals surface area contributed by atoms with E-state index in [-0.39, 0.29) is 42.5 Å². The van der Waals surface area contributed by atoms with Gasteiger partial charge < -0.3 is 5.32 Å². The van der Waals surface area contributed by atoms with Crippen molar-refractivity contribution in [3.63, 3.8) is 0 Å². The Hall–Kier alpha value is -2.80. The minimum atomic E-state index is -0.251. The van der Waals surface area contributed by atoms with E-state index in [0.29, 0.717) is 18.5 Å². The predicted molar refractivity (Wildman–Crippen MR) is 108 cm³/mol. The molecule has 1 aliphatic heterocycles. The molecular formula is C21H21N3O3S. The van der Waals surface area contributed by atoms with Crippen molar-refractivity contribution < 1.29 is 14.4 Å². The van der Waals surface area contributed by atoms with Crippen LogP contribution in [0.1, 0.15) is 24.3 Å². The lowest BCUT2D eigenvalue weighted by Crippen LogP contribution is -2.34. The van der Waals surface area contributed by atoms with Crippen LogP contribution in [-0.2, 0) is 14.4 Å². The van der Waals surface area contributed by atoms with Gasteiger partial charge in [-0.3, -0.25) is 19.3 Å². The third-order valence-corrected chi connectivity index (χ3v) is 6.00. The number of imide groups is 1. The first kappa shape index (κ1) is 18.6. The highest BCUT2D eigenvalue weighted by Gasteiger charge is 2.46. The summed E-state index contributed by atoms with van der Waals surface area (Å²) in [6.45, 7) is 2.08. The van der Waals surface area contributed by atoms with Gasteiger partial charge in [-0.1, -0.05) is 24.3 Å². The molecule has 7 heteroatoms. The van der Waals surface area contributed by atoms with Crippen LogP contribution in [0, 0.1) is 18.8 Å². The molecular weight excluding hydrogens is 374 g/mol. The van der Waals surface area contributed by atoms with Crippen molar-refractivity contribution in [1.82, 2.24) is 9.88 Å². The molecule has 0 unspecified atom stereocenters. The lowest BCUT2D eigenvalue weighted by Gasteiger charge is -2.14. The van der Waals surface area contributed by atoms with Crippen LogP contribution in [0.4, 0.5) is 5.69 Å². The van der Waals surface area contributed by atoms with E-state index in [1.54, 1.807) is 11.3 Å². The number of likely N-dealkylation sites (tertiary alicyclic amines) is 1. The Morgan fingerprint density at radius 3 is 2.57 bits per heavy atom. The van der Waals surface area contributed by atoms with Crippen LogP contribution in [0.25, 0.3) is 11.3 Å². The second-order valence-electron chi connectivity index (χ2n) is 7.11. The van der Waals surface area contributed by atoms with Crippen LogP contribution in [-0.4, -0.2) is 34.2 Å². The van der Waals surface area contributed by atoms with Gasteiger partial charge in [-0.05, 0) is 31.9 Å². The molecule has 1 saturated heterocycles. The first-order valence-electron chi connectivity index (χ1n) is 9.35. The Bertz CT molecular complexity index is 939. The van der Waals surface area contributed by atoms with Crippen molar-refractivity contribution in [1.29, 1.82) is 0 Å². The number of thiazole rings is 1. The summed E-state index contributed by atoms with van der Waals surface area (Å²) in [6, 6.07) is 7.50. The number of aryl methyl sites for hydroxylation is 1. The van der Waals surface area contributed by atoms with Crippen molar-refractivity contribution in [3.8, 4) is 11.3 Å². The number of allylic oxidation sites excluding steroid dienone is 2. The first-order valence-corrected chi connectivity index (χ1v) is 10.2. The van der Waals surface area contributed by atoms with E-state index in [1.165, 1.54) is 4.90 Å². The van der Waals surface area contributed by atoms with Crippen molar-refractivity contribution >= 4 is 34.7 Å². The average molecular weight is 395 g/mol. The number of carbonyl (C=O) groups is 3. The Balaban J connectivity index is 1.36. The predicted octanol–water partition coefficient (Wildman–Crippen LogP) is 3.40. The van der Waals surface area contributed by atoms with Gasteiger partial charge >= 0.3 is 0 Å². The van der Waals surface area contributed by atoms with Gasteiger partial charge in [-0.2, -0.15) is 0 Å². The number of aromatic nitrogens is 1. The largest absolute Gasteiger partial charge is 0.326 e. The molecule has 4 rings (SSSR count). The summed E-state index contributed by atoms with van der Waals surface area (Å²) < 4.78 is 0. The molecule has 0 spiro atoms. The first-order chi connectivity index (χ1) is 13.5. The number of nitrogens with zero attached hydrogens (tertiary/aromatic N) is 2. The van der Waals surface area contributed by atoms with Crippen LogP contribution in [0.3, 0.4) is 0 Å². The number of benzene rings is 1. The molecule has 1 aromatic heterocycles. The van der Waals surface area contributed by atoms with Crippen LogP contribution in [0.2, 0.25) is 0 Å². The van der Waals surface area contributed by atoms with E-state index in [4.69, 9.17) is 0 Å². The molecule has 1 fully saturated rings. The standard InChI is InChI=1S/C21H21N3O3S/c1-13-22-18(12-28-13)14-5-4-6-15(11-14)23-19(25)9-10-24-20(26)16-7-2-3-8-17(16)21(24)27/h2-6,11-12,16-17H,7-10H2,1H3,(H,23,25)/t16-,17+. The van der Waals surface area contributed by atoms with E-state index in [2.05, 4.69) is 10.3 Å². The lowest BCUT2D eigenvalue weighted by atomic mass is 9.85. The number of nitrogens with one attached hydrogen (secondary N) is 1. The van der Waals surface area contributed by atoms with E-state index in [0.717, 1.165) is 16.3 Å². The number of rotatable bonds is 5. The average Bonchev–Trinajstić information content (AvgIpc) is 3.23. The Morgan fingerprint density at radius 2 is 1.93 bits per heavy atom. The molecule has 6 nitrogen and oxygen atoms in total. The highest BCUT2D eigenvalue weighted by molar-refractivity contribution is 7.09. The molecule has 3 amide bonds. The summed E-state index contributed by atoms with van der Waals surface area (Å²) in [4.78, 5) is 43.0. The summed E-state index contributed by atoms with van der Waals surface area (Å²) in [6.07, 6.45) is 5.23. The maximum absolute atomic E-state index is 12.5. The van der Waals surface area contributed by atoms with E-state index >= 15 is 0 Å². The van der Waals surface area contributed by atoms with Gasteiger partial charge in [-0.25, -0.2) is 4.98 Å². The van der Waals surface area contributed by atoms with Crippen molar-refractivity contribution in [3.05, 3.63) is 46.8 Å². The fourth-order valence-corrected chi connectivity index (χ4v) is 4.40. The normalized spacial score (nSPS) is 21.1. The van der Waals surface area contributed by atoms with Gasteiger partial charge in [0.05, 0.1) is 22.5 Å². The topological polar surface area (TPSA) is 79.4 Å². The third kappa shape index (κ3) is 3.62. The minimum absolute atomic E-state index is 0.0877. The quantitative estimate of drug-likeness (QED) is 0.622. The molecule has 144 valence electrons. The fraction of sp³-hybridized carbons (Fsp3) is 0.333. The molecule has 2 aromatic rings. The lowest BCUT2D eigenvalue weighted by molar-refractivity contribution is -0.140. The van der Waals surface area contributed by atoms with Crippen LogP contribution in [0.5, 0.6) is 0 Å². The number of carbonyl (C=O) groups excluding carboxylic acids is 3. The second kappa shape index (κ2) is 7.67. The van der Waals surface area contributed by atoms with Gasteiger partial charge in [0, 0.05) is 29.6 Å². The summed E-state index contributed by atoms with van der Waals surface area (Å²) >= 11 is 1.58. The van der Waals surface area contributed by atoms with Gasteiger partial charge in [0.1, 0.15) is 0 Å². The van der Waals surface area contributed by atoms with Crippen molar-refractivity contribution in [2.45, 2.75) is 26.2 Å². The zero-order chi connectivity index (χ0) is 19.7. The molecule has 0 saturated carbocycles. The maximum Gasteiger partial charge on any atom is 0.233 e. The molecule has 2 atom stereocenters. The zero-order valence-electron chi connectivity index (χ0n) is 15.6. The van der Waals surface area contributed by atoms with Crippen LogP contribution in [0.15, 0.2) is 41.8 Å². The molecule has 0 bridgehead atoms. The second-order valence-corrected chi connectivity index (χ2v) is 8.18. The SMILES string of the molecule is Cc1nc(-c2cccc(NC(=O)CCN3C(=O)[C@H]4CC=CC[C@H]4C3=O)c2)cs1. The Labute approximate surface area is 167 Å². The highest BCUT2D eigenvalue weighted by atomic mass is 32.1.